The first kappa shape index (κ1) is 13.4. The summed E-state index contributed by atoms with van der Waals surface area (Å²) < 4.78 is 5.42. The lowest BCUT2D eigenvalue weighted by Gasteiger charge is -2.29. The second-order valence-corrected chi connectivity index (χ2v) is 6.67. The molecule has 0 aromatic carbocycles. The Hall–Kier alpha value is -0.590. The summed E-state index contributed by atoms with van der Waals surface area (Å²) in [5.41, 5.74) is 0. The lowest BCUT2D eigenvalue weighted by atomic mass is 9.86. The van der Waals surface area contributed by atoms with Crippen molar-refractivity contribution in [3.63, 3.8) is 0 Å². The molecule has 2 heterocycles. The zero-order valence-electron chi connectivity index (χ0n) is 11.3. The summed E-state index contributed by atoms with van der Waals surface area (Å²) >= 11 is 1.93. The zero-order valence-corrected chi connectivity index (χ0v) is 12.1. The molecule has 1 aromatic rings. The molecule has 19 heavy (non-hydrogen) atoms. The number of hydrogen-bond acceptors (Lipinski definition) is 6. The van der Waals surface area contributed by atoms with Crippen LogP contribution >= 0.6 is 11.8 Å². The molecule has 1 N–H and O–H groups in total. The van der Waals surface area contributed by atoms with Gasteiger partial charge in [-0.1, -0.05) is 18.0 Å². The van der Waals surface area contributed by atoms with Crippen LogP contribution in [0, 0.1) is 0 Å². The number of aromatic nitrogens is 2. The SMILES string of the molecule is CN1CCSCC1c1noc(C2CCCCC2O)n1. The van der Waals surface area contributed by atoms with Gasteiger partial charge in [0.25, 0.3) is 0 Å². The maximum Gasteiger partial charge on any atom is 0.232 e. The van der Waals surface area contributed by atoms with E-state index in [0.717, 1.165) is 43.8 Å². The third-order valence-electron chi connectivity index (χ3n) is 4.20. The molecule has 0 amide bonds. The van der Waals surface area contributed by atoms with E-state index < -0.39 is 0 Å². The van der Waals surface area contributed by atoms with Crippen molar-refractivity contribution in [2.45, 2.75) is 43.7 Å². The molecule has 1 saturated heterocycles. The maximum absolute atomic E-state index is 10.1. The molecule has 106 valence electrons. The highest BCUT2D eigenvalue weighted by Gasteiger charge is 2.32. The van der Waals surface area contributed by atoms with Gasteiger partial charge in [-0.15, -0.1) is 0 Å². The molecular weight excluding hydrogens is 262 g/mol. The number of rotatable bonds is 2. The third kappa shape index (κ3) is 2.80. The molecule has 1 aliphatic heterocycles. The number of thioether (sulfide) groups is 1. The number of hydrogen-bond donors (Lipinski definition) is 1. The van der Waals surface area contributed by atoms with E-state index in [-0.39, 0.29) is 18.1 Å². The second kappa shape index (κ2) is 5.81. The quantitative estimate of drug-likeness (QED) is 0.893. The van der Waals surface area contributed by atoms with Gasteiger partial charge in [-0.2, -0.15) is 16.7 Å². The Morgan fingerprint density at radius 2 is 2.21 bits per heavy atom. The van der Waals surface area contributed by atoms with Crippen molar-refractivity contribution < 1.29 is 9.63 Å². The average molecular weight is 283 g/mol. The monoisotopic (exact) mass is 283 g/mol. The lowest BCUT2D eigenvalue weighted by molar-refractivity contribution is 0.0908. The van der Waals surface area contributed by atoms with Crippen molar-refractivity contribution in [2.75, 3.05) is 25.1 Å². The maximum atomic E-state index is 10.1. The van der Waals surface area contributed by atoms with Gasteiger partial charge in [0.05, 0.1) is 18.1 Å². The van der Waals surface area contributed by atoms with Crippen LogP contribution in [0.25, 0.3) is 0 Å². The van der Waals surface area contributed by atoms with Crippen LogP contribution in [0.2, 0.25) is 0 Å². The molecule has 6 heteroatoms. The van der Waals surface area contributed by atoms with Gasteiger partial charge >= 0.3 is 0 Å². The van der Waals surface area contributed by atoms with Crippen LogP contribution in [0.5, 0.6) is 0 Å². The molecule has 1 saturated carbocycles. The van der Waals surface area contributed by atoms with Gasteiger partial charge in [0.1, 0.15) is 0 Å². The Balaban J connectivity index is 1.75. The number of nitrogens with zero attached hydrogens (tertiary/aromatic N) is 3. The molecular formula is C13H21N3O2S. The molecule has 1 aliphatic carbocycles. The summed E-state index contributed by atoms with van der Waals surface area (Å²) in [6.45, 7) is 1.06. The van der Waals surface area contributed by atoms with Gasteiger partial charge in [0.15, 0.2) is 5.82 Å². The van der Waals surface area contributed by atoms with E-state index in [1.54, 1.807) is 0 Å². The van der Waals surface area contributed by atoms with Gasteiger partial charge in [-0.05, 0) is 19.9 Å². The summed E-state index contributed by atoms with van der Waals surface area (Å²) in [7, 11) is 2.11. The molecule has 0 radical (unpaired) electrons. The van der Waals surface area contributed by atoms with Crippen molar-refractivity contribution >= 4 is 11.8 Å². The van der Waals surface area contributed by atoms with Crippen molar-refractivity contribution in [2.24, 2.45) is 0 Å². The first-order valence-corrected chi connectivity index (χ1v) is 8.20. The Morgan fingerprint density at radius 3 is 3.00 bits per heavy atom. The largest absolute Gasteiger partial charge is 0.392 e. The first-order valence-electron chi connectivity index (χ1n) is 7.05. The summed E-state index contributed by atoms with van der Waals surface area (Å²) in [6, 6.07) is 0.247. The van der Waals surface area contributed by atoms with E-state index in [0.29, 0.717) is 5.89 Å². The standard InChI is InChI=1S/C13H21N3O2S/c1-16-6-7-19-8-10(16)12-14-13(18-15-12)9-4-2-3-5-11(9)17/h9-11,17H,2-8H2,1H3. The highest BCUT2D eigenvalue weighted by atomic mass is 32.2. The van der Waals surface area contributed by atoms with Crippen LogP contribution in [-0.4, -0.2) is 51.3 Å². The van der Waals surface area contributed by atoms with Crippen molar-refractivity contribution in [1.82, 2.24) is 15.0 Å². The zero-order chi connectivity index (χ0) is 13.2. The molecule has 3 rings (SSSR count). The van der Waals surface area contributed by atoms with Crippen molar-refractivity contribution in [3.8, 4) is 0 Å². The predicted molar refractivity (Wildman–Crippen MR) is 74.2 cm³/mol. The summed E-state index contributed by atoms with van der Waals surface area (Å²) in [5, 5.41) is 14.2. The van der Waals surface area contributed by atoms with Gasteiger partial charge in [0.2, 0.25) is 5.89 Å². The predicted octanol–water partition coefficient (Wildman–Crippen LogP) is 1.81. The van der Waals surface area contributed by atoms with E-state index in [4.69, 9.17) is 4.52 Å². The second-order valence-electron chi connectivity index (χ2n) is 5.52. The summed E-state index contributed by atoms with van der Waals surface area (Å²) in [5.74, 6) is 3.63. The van der Waals surface area contributed by atoms with E-state index in [1.807, 2.05) is 11.8 Å². The fraction of sp³-hybridized carbons (Fsp3) is 0.846. The van der Waals surface area contributed by atoms with Crippen LogP contribution in [0.1, 0.15) is 49.4 Å². The molecule has 2 fully saturated rings. The lowest BCUT2D eigenvalue weighted by Crippen LogP contribution is -2.33. The molecule has 2 aliphatic rings. The van der Waals surface area contributed by atoms with Crippen LogP contribution in [0.15, 0.2) is 4.52 Å². The highest BCUT2D eigenvalue weighted by molar-refractivity contribution is 7.99. The Labute approximate surface area is 117 Å². The minimum atomic E-state index is -0.319. The molecule has 1 aromatic heterocycles. The topological polar surface area (TPSA) is 62.4 Å². The molecule has 5 nitrogen and oxygen atoms in total. The fourth-order valence-corrected chi connectivity index (χ4v) is 4.10. The minimum Gasteiger partial charge on any atom is -0.392 e. The van der Waals surface area contributed by atoms with Gasteiger partial charge in [0, 0.05) is 18.1 Å². The first-order chi connectivity index (χ1) is 9.25. The molecule has 0 bridgehead atoms. The Morgan fingerprint density at radius 1 is 1.37 bits per heavy atom. The van der Waals surface area contributed by atoms with Crippen LogP contribution in [0.4, 0.5) is 0 Å². The smallest absolute Gasteiger partial charge is 0.232 e. The Kier molecular flexibility index (Phi) is 4.10. The van der Waals surface area contributed by atoms with E-state index >= 15 is 0 Å². The van der Waals surface area contributed by atoms with Crippen molar-refractivity contribution in [1.29, 1.82) is 0 Å². The fourth-order valence-electron chi connectivity index (χ4n) is 2.89. The molecule has 3 unspecified atom stereocenters. The van der Waals surface area contributed by atoms with Crippen LogP contribution < -0.4 is 0 Å². The Bertz CT molecular complexity index is 389. The summed E-state index contributed by atoms with van der Waals surface area (Å²) in [6.07, 6.45) is 3.72. The van der Waals surface area contributed by atoms with Crippen LogP contribution in [0.3, 0.4) is 0 Å². The van der Waals surface area contributed by atoms with Crippen LogP contribution in [-0.2, 0) is 0 Å². The highest BCUT2D eigenvalue weighted by Crippen LogP contribution is 2.33. The van der Waals surface area contributed by atoms with Gasteiger partial charge in [-0.25, -0.2) is 0 Å². The molecule has 0 spiro atoms. The minimum absolute atomic E-state index is 0.0385. The van der Waals surface area contributed by atoms with E-state index in [2.05, 4.69) is 22.1 Å². The third-order valence-corrected chi connectivity index (χ3v) is 5.22. The number of aliphatic hydroxyl groups is 1. The average Bonchev–Trinajstić information content (AvgIpc) is 2.89. The van der Waals surface area contributed by atoms with Crippen molar-refractivity contribution in [3.05, 3.63) is 11.7 Å². The normalized spacial score (nSPS) is 33.5. The van der Waals surface area contributed by atoms with E-state index in [1.165, 1.54) is 5.75 Å². The van der Waals surface area contributed by atoms with E-state index in [9.17, 15) is 5.11 Å². The number of aliphatic hydroxyl groups excluding tert-OH is 1. The van der Waals surface area contributed by atoms with Gasteiger partial charge in [-0.3, -0.25) is 4.90 Å². The van der Waals surface area contributed by atoms with Gasteiger partial charge < -0.3 is 9.63 Å². The molecule has 3 atom stereocenters. The summed E-state index contributed by atoms with van der Waals surface area (Å²) in [4.78, 5) is 6.85.